The molecule has 2 heterocycles. The van der Waals surface area contributed by atoms with Crippen molar-refractivity contribution in [2.24, 2.45) is 7.05 Å². The summed E-state index contributed by atoms with van der Waals surface area (Å²) < 4.78 is 1.99. The molecule has 0 unspecified atom stereocenters. The van der Waals surface area contributed by atoms with Crippen LogP contribution >= 0.6 is 11.6 Å². The van der Waals surface area contributed by atoms with Gasteiger partial charge in [0.05, 0.1) is 17.3 Å². The highest BCUT2D eigenvalue weighted by molar-refractivity contribution is 6.30. The van der Waals surface area contributed by atoms with Crippen LogP contribution in [0.1, 0.15) is 11.5 Å². The molecule has 4 nitrogen and oxygen atoms in total. The van der Waals surface area contributed by atoms with Crippen LogP contribution in [0.15, 0.2) is 30.7 Å². The van der Waals surface area contributed by atoms with Crippen LogP contribution in [0.5, 0.6) is 0 Å². The van der Waals surface area contributed by atoms with E-state index >= 15 is 0 Å². The number of hydrogen-bond donors (Lipinski definition) is 1. The molecule has 0 atom stereocenters. The summed E-state index contributed by atoms with van der Waals surface area (Å²) in [5.74, 6) is 1.01. The van der Waals surface area contributed by atoms with Crippen molar-refractivity contribution in [1.29, 1.82) is 0 Å². The van der Waals surface area contributed by atoms with Gasteiger partial charge in [0.15, 0.2) is 0 Å². The first-order valence-corrected chi connectivity index (χ1v) is 5.41. The zero-order chi connectivity index (χ0) is 11.4. The van der Waals surface area contributed by atoms with Crippen molar-refractivity contribution in [1.82, 2.24) is 19.9 Å². The van der Waals surface area contributed by atoms with E-state index < -0.39 is 0 Å². The maximum atomic E-state index is 5.75. The summed E-state index contributed by atoms with van der Waals surface area (Å²) >= 11 is 5.75. The first-order chi connectivity index (χ1) is 7.75. The number of imidazole rings is 1. The van der Waals surface area contributed by atoms with Gasteiger partial charge in [-0.25, -0.2) is 4.98 Å². The smallest absolute Gasteiger partial charge is 0.122 e. The van der Waals surface area contributed by atoms with Crippen LogP contribution in [0.25, 0.3) is 0 Å². The first kappa shape index (κ1) is 11.1. The minimum atomic E-state index is 0.660. The van der Waals surface area contributed by atoms with Gasteiger partial charge in [-0.2, -0.15) is 0 Å². The van der Waals surface area contributed by atoms with Crippen LogP contribution in [0.2, 0.25) is 5.02 Å². The van der Waals surface area contributed by atoms with E-state index in [-0.39, 0.29) is 0 Å². The Labute approximate surface area is 99.3 Å². The first-order valence-electron chi connectivity index (χ1n) is 5.03. The predicted octanol–water partition coefficient (Wildman–Crippen LogP) is 1.76. The number of aromatic nitrogens is 3. The van der Waals surface area contributed by atoms with Crippen LogP contribution in [-0.2, 0) is 20.1 Å². The molecule has 0 radical (unpaired) electrons. The molecule has 16 heavy (non-hydrogen) atoms. The molecule has 1 N–H and O–H groups in total. The average molecular weight is 237 g/mol. The van der Waals surface area contributed by atoms with Crippen molar-refractivity contribution < 1.29 is 0 Å². The monoisotopic (exact) mass is 236 g/mol. The summed E-state index contributed by atoms with van der Waals surface area (Å²) in [6.45, 7) is 1.44. The molecular formula is C11H13ClN4. The molecule has 2 aromatic heterocycles. The van der Waals surface area contributed by atoms with E-state index in [4.69, 9.17) is 11.6 Å². The zero-order valence-corrected chi connectivity index (χ0v) is 9.78. The van der Waals surface area contributed by atoms with E-state index in [9.17, 15) is 0 Å². The van der Waals surface area contributed by atoms with Gasteiger partial charge in [0.2, 0.25) is 0 Å². The Bertz CT molecular complexity index is 449. The fourth-order valence-corrected chi connectivity index (χ4v) is 1.49. The molecule has 84 valence electrons. The Morgan fingerprint density at radius 2 is 2.19 bits per heavy atom. The highest BCUT2D eigenvalue weighted by Gasteiger charge is 1.99. The van der Waals surface area contributed by atoms with E-state index in [0.717, 1.165) is 18.1 Å². The lowest BCUT2D eigenvalue weighted by Gasteiger charge is -2.04. The average Bonchev–Trinajstić information content (AvgIpc) is 2.68. The Morgan fingerprint density at radius 3 is 2.81 bits per heavy atom. The van der Waals surface area contributed by atoms with E-state index in [2.05, 4.69) is 15.3 Å². The Hall–Kier alpha value is -1.39. The predicted molar refractivity (Wildman–Crippen MR) is 63.0 cm³/mol. The molecule has 0 aliphatic heterocycles. The summed E-state index contributed by atoms with van der Waals surface area (Å²) in [5.41, 5.74) is 0.971. The molecule has 0 aromatic carbocycles. The maximum Gasteiger partial charge on any atom is 0.122 e. The van der Waals surface area contributed by atoms with Gasteiger partial charge in [-0.15, -0.1) is 0 Å². The van der Waals surface area contributed by atoms with Gasteiger partial charge >= 0.3 is 0 Å². The molecule has 0 aliphatic carbocycles. The molecule has 0 saturated heterocycles. The lowest BCUT2D eigenvalue weighted by atomic mass is 10.3. The minimum absolute atomic E-state index is 0.660. The second-order valence-corrected chi connectivity index (χ2v) is 3.96. The molecule has 2 aromatic rings. The summed E-state index contributed by atoms with van der Waals surface area (Å²) in [4.78, 5) is 8.42. The highest BCUT2D eigenvalue weighted by Crippen LogP contribution is 2.05. The van der Waals surface area contributed by atoms with Crippen molar-refractivity contribution >= 4 is 11.6 Å². The van der Waals surface area contributed by atoms with Crippen molar-refractivity contribution in [3.8, 4) is 0 Å². The second kappa shape index (κ2) is 5.09. The molecule has 0 saturated carbocycles. The van der Waals surface area contributed by atoms with Gasteiger partial charge in [0, 0.05) is 32.2 Å². The molecule has 0 fully saturated rings. The Kier molecular flexibility index (Phi) is 3.54. The largest absolute Gasteiger partial charge is 0.337 e. The normalized spacial score (nSPS) is 10.6. The summed E-state index contributed by atoms with van der Waals surface area (Å²) in [6.07, 6.45) is 5.37. The van der Waals surface area contributed by atoms with Gasteiger partial charge < -0.3 is 9.88 Å². The van der Waals surface area contributed by atoms with Gasteiger partial charge in [-0.05, 0) is 12.1 Å². The van der Waals surface area contributed by atoms with Crippen LogP contribution in [0, 0.1) is 0 Å². The lowest BCUT2D eigenvalue weighted by molar-refractivity contribution is 0.630. The molecule has 0 spiro atoms. The number of aryl methyl sites for hydroxylation is 1. The lowest BCUT2D eigenvalue weighted by Crippen LogP contribution is -2.16. The molecule has 2 rings (SSSR count). The summed E-state index contributed by atoms with van der Waals surface area (Å²) in [5, 5.41) is 3.94. The van der Waals surface area contributed by atoms with Crippen LogP contribution in [-0.4, -0.2) is 14.5 Å². The fourth-order valence-electron chi connectivity index (χ4n) is 1.38. The topological polar surface area (TPSA) is 42.7 Å². The standard InChI is InChI=1S/C11H13ClN4/c1-16-5-4-14-11(16)8-13-7-10-3-2-9(12)6-15-10/h2-6,13H,7-8H2,1H3. The summed E-state index contributed by atoms with van der Waals surface area (Å²) in [6, 6.07) is 3.75. The highest BCUT2D eigenvalue weighted by atomic mass is 35.5. The quantitative estimate of drug-likeness (QED) is 0.880. The molecule has 0 aliphatic rings. The van der Waals surface area contributed by atoms with E-state index in [1.165, 1.54) is 0 Å². The van der Waals surface area contributed by atoms with Gasteiger partial charge in [-0.1, -0.05) is 11.6 Å². The van der Waals surface area contributed by atoms with E-state index in [0.29, 0.717) is 11.6 Å². The number of rotatable bonds is 4. The van der Waals surface area contributed by atoms with Crippen molar-refractivity contribution in [2.75, 3.05) is 0 Å². The van der Waals surface area contributed by atoms with Crippen LogP contribution < -0.4 is 5.32 Å². The van der Waals surface area contributed by atoms with E-state index in [1.807, 2.05) is 29.9 Å². The molecule has 5 heteroatoms. The molecular weight excluding hydrogens is 224 g/mol. The van der Waals surface area contributed by atoms with Crippen LogP contribution in [0.4, 0.5) is 0 Å². The SMILES string of the molecule is Cn1ccnc1CNCc1ccc(Cl)cn1. The third-order valence-electron chi connectivity index (χ3n) is 2.30. The van der Waals surface area contributed by atoms with Gasteiger partial charge in [0.25, 0.3) is 0 Å². The van der Waals surface area contributed by atoms with Crippen molar-refractivity contribution in [3.63, 3.8) is 0 Å². The molecule has 0 bridgehead atoms. The molecule has 0 amide bonds. The minimum Gasteiger partial charge on any atom is -0.337 e. The number of pyridine rings is 1. The van der Waals surface area contributed by atoms with Crippen molar-refractivity contribution in [3.05, 3.63) is 47.3 Å². The fraction of sp³-hybridized carbons (Fsp3) is 0.273. The number of nitrogens with zero attached hydrogens (tertiary/aromatic N) is 3. The Morgan fingerprint density at radius 1 is 1.31 bits per heavy atom. The van der Waals surface area contributed by atoms with Crippen LogP contribution in [0.3, 0.4) is 0 Å². The zero-order valence-electron chi connectivity index (χ0n) is 9.02. The third-order valence-corrected chi connectivity index (χ3v) is 2.52. The third kappa shape index (κ3) is 2.81. The van der Waals surface area contributed by atoms with Gasteiger partial charge in [-0.3, -0.25) is 4.98 Å². The summed E-state index contributed by atoms with van der Waals surface area (Å²) in [7, 11) is 1.98. The number of nitrogens with one attached hydrogen (secondary N) is 1. The number of halogens is 1. The maximum absolute atomic E-state index is 5.75. The second-order valence-electron chi connectivity index (χ2n) is 3.53. The van der Waals surface area contributed by atoms with Gasteiger partial charge in [0.1, 0.15) is 5.82 Å². The van der Waals surface area contributed by atoms with E-state index in [1.54, 1.807) is 12.4 Å². The van der Waals surface area contributed by atoms with Crippen molar-refractivity contribution in [2.45, 2.75) is 13.1 Å². The number of hydrogen-bond acceptors (Lipinski definition) is 3. The Balaban J connectivity index is 1.84.